The Hall–Kier alpha value is -1.34. The molecule has 5 nitrogen and oxygen atoms in total. The van der Waals surface area contributed by atoms with Gasteiger partial charge in [0.2, 0.25) is 5.96 Å². The predicted molar refractivity (Wildman–Crippen MR) is 90.5 cm³/mol. The number of carbonyl (C=O) groups excluding carboxylic acids is 1. The van der Waals surface area contributed by atoms with Crippen molar-refractivity contribution in [2.24, 2.45) is 4.99 Å². The maximum Gasteiger partial charge on any atom is 0.251 e. The standard InChI is InChI=1S/C14H14Br2N4O/c1-17-14-19-12(13(21)20(14)2)3-7-6-18-11-5-10(16)9(15)4-8(7)11/h4-6,12,18H,3H2,1-2H3,(H,17,19). The second-order valence-corrected chi connectivity index (χ2v) is 6.68. The lowest BCUT2D eigenvalue weighted by Gasteiger charge is -2.07. The van der Waals surface area contributed by atoms with Crippen molar-refractivity contribution in [1.29, 1.82) is 0 Å². The zero-order chi connectivity index (χ0) is 15.1. The van der Waals surface area contributed by atoms with Crippen molar-refractivity contribution in [3.8, 4) is 0 Å². The monoisotopic (exact) mass is 412 g/mol. The number of carbonyl (C=O) groups is 1. The van der Waals surface area contributed by atoms with E-state index in [-0.39, 0.29) is 11.9 Å². The summed E-state index contributed by atoms with van der Waals surface area (Å²) < 4.78 is 1.99. The second kappa shape index (κ2) is 5.46. The minimum atomic E-state index is -0.268. The van der Waals surface area contributed by atoms with Crippen LogP contribution in [0.25, 0.3) is 10.9 Å². The van der Waals surface area contributed by atoms with E-state index in [0.717, 1.165) is 25.4 Å². The smallest absolute Gasteiger partial charge is 0.251 e. The zero-order valence-electron chi connectivity index (χ0n) is 11.6. The molecule has 21 heavy (non-hydrogen) atoms. The fourth-order valence-corrected chi connectivity index (χ4v) is 3.26. The Balaban J connectivity index is 1.93. The van der Waals surface area contributed by atoms with Crippen LogP contribution >= 0.6 is 31.9 Å². The van der Waals surface area contributed by atoms with E-state index >= 15 is 0 Å². The van der Waals surface area contributed by atoms with E-state index in [4.69, 9.17) is 0 Å². The fraction of sp³-hybridized carbons (Fsp3) is 0.286. The van der Waals surface area contributed by atoms with E-state index in [1.165, 1.54) is 0 Å². The fourth-order valence-electron chi connectivity index (χ4n) is 2.57. The van der Waals surface area contributed by atoms with Crippen LogP contribution in [0.15, 0.2) is 32.3 Å². The molecule has 1 aliphatic rings. The Kier molecular flexibility index (Phi) is 3.79. The first kappa shape index (κ1) is 14.6. The van der Waals surface area contributed by atoms with Gasteiger partial charge in [-0.05, 0) is 49.6 Å². The second-order valence-electron chi connectivity index (χ2n) is 4.97. The Labute approximate surface area is 139 Å². The van der Waals surface area contributed by atoms with Crippen LogP contribution < -0.4 is 5.32 Å². The highest BCUT2D eigenvalue weighted by atomic mass is 79.9. The molecule has 1 saturated heterocycles. The third-order valence-electron chi connectivity index (χ3n) is 3.69. The molecule has 2 aromatic rings. The molecule has 1 aromatic heterocycles. The van der Waals surface area contributed by atoms with E-state index < -0.39 is 0 Å². The molecule has 1 aromatic carbocycles. The number of hydrogen-bond donors (Lipinski definition) is 2. The lowest BCUT2D eigenvalue weighted by molar-refractivity contribution is -0.126. The van der Waals surface area contributed by atoms with Gasteiger partial charge in [-0.25, -0.2) is 0 Å². The summed E-state index contributed by atoms with van der Waals surface area (Å²) in [4.78, 5) is 21.1. The molecule has 0 aliphatic carbocycles. The molecule has 0 radical (unpaired) electrons. The van der Waals surface area contributed by atoms with Crippen molar-refractivity contribution in [1.82, 2.24) is 15.2 Å². The molecule has 1 fully saturated rings. The van der Waals surface area contributed by atoms with Crippen molar-refractivity contribution in [2.45, 2.75) is 12.5 Å². The van der Waals surface area contributed by atoms with Crippen LogP contribution in [-0.2, 0) is 11.2 Å². The lowest BCUT2D eigenvalue weighted by atomic mass is 10.1. The summed E-state index contributed by atoms with van der Waals surface area (Å²) >= 11 is 7.01. The molecule has 110 valence electrons. The highest BCUT2D eigenvalue weighted by molar-refractivity contribution is 9.13. The number of nitrogens with one attached hydrogen (secondary N) is 2. The van der Waals surface area contributed by atoms with Crippen LogP contribution in [0, 0.1) is 0 Å². The Morgan fingerprint density at radius 2 is 2.05 bits per heavy atom. The third kappa shape index (κ3) is 2.48. The van der Waals surface area contributed by atoms with Crippen molar-refractivity contribution < 1.29 is 4.79 Å². The van der Waals surface area contributed by atoms with Gasteiger partial charge in [-0.2, -0.15) is 0 Å². The minimum Gasteiger partial charge on any atom is -0.361 e. The highest BCUT2D eigenvalue weighted by Gasteiger charge is 2.33. The molecular formula is C14H14Br2N4O. The molecule has 2 N–H and O–H groups in total. The van der Waals surface area contributed by atoms with Gasteiger partial charge in [-0.1, -0.05) is 0 Å². The maximum absolute atomic E-state index is 12.2. The van der Waals surface area contributed by atoms with Crippen LogP contribution in [0.4, 0.5) is 0 Å². The number of guanidine groups is 1. The molecule has 1 aliphatic heterocycles. The van der Waals surface area contributed by atoms with E-state index in [1.807, 2.05) is 12.3 Å². The lowest BCUT2D eigenvalue weighted by Crippen LogP contribution is -2.31. The van der Waals surface area contributed by atoms with Crippen LogP contribution in [0.2, 0.25) is 0 Å². The first-order valence-corrected chi connectivity index (χ1v) is 8.05. The molecule has 1 atom stereocenters. The van der Waals surface area contributed by atoms with Crippen LogP contribution in [0.3, 0.4) is 0 Å². The number of hydrogen-bond acceptors (Lipinski definition) is 2. The largest absolute Gasteiger partial charge is 0.361 e. The van der Waals surface area contributed by atoms with E-state index in [2.05, 4.69) is 53.2 Å². The number of aromatic nitrogens is 1. The van der Waals surface area contributed by atoms with Gasteiger partial charge in [0.05, 0.1) is 0 Å². The highest BCUT2D eigenvalue weighted by Crippen LogP contribution is 2.30. The van der Waals surface area contributed by atoms with Gasteiger partial charge < -0.3 is 10.3 Å². The number of aromatic amines is 1. The van der Waals surface area contributed by atoms with Crippen molar-refractivity contribution >= 4 is 54.6 Å². The quantitative estimate of drug-likeness (QED) is 0.794. The number of benzene rings is 1. The summed E-state index contributed by atoms with van der Waals surface area (Å²) in [6, 6.07) is 3.82. The molecule has 1 amide bonds. The molecule has 1 unspecified atom stereocenters. The van der Waals surface area contributed by atoms with Gasteiger partial charge in [0, 0.05) is 46.6 Å². The van der Waals surface area contributed by atoms with Gasteiger partial charge in [0.1, 0.15) is 6.04 Å². The van der Waals surface area contributed by atoms with Crippen molar-refractivity contribution in [3.63, 3.8) is 0 Å². The summed E-state index contributed by atoms with van der Waals surface area (Å²) in [5.74, 6) is 0.662. The number of aliphatic imine (C=N–C) groups is 1. The third-order valence-corrected chi connectivity index (χ3v) is 5.54. The summed E-state index contributed by atoms with van der Waals surface area (Å²) in [5.41, 5.74) is 2.15. The summed E-state index contributed by atoms with van der Waals surface area (Å²) in [5, 5.41) is 4.28. The van der Waals surface area contributed by atoms with Gasteiger partial charge >= 0.3 is 0 Å². The number of fused-ring (bicyclic) bond motifs is 1. The summed E-state index contributed by atoms with van der Waals surface area (Å²) in [7, 11) is 3.41. The number of rotatable bonds is 2. The normalized spacial score (nSPS) is 20.6. The van der Waals surface area contributed by atoms with E-state index in [9.17, 15) is 4.79 Å². The Bertz CT molecular complexity index is 753. The van der Waals surface area contributed by atoms with Crippen molar-refractivity contribution in [2.75, 3.05) is 14.1 Å². The summed E-state index contributed by atoms with van der Waals surface area (Å²) in [6.07, 6.45) is 2.58. The topological polar surface area (TPSA) is 60.5 Å². The molecular weight excluding hydrogens is 400 g/mol. The Morgan fingerprint density at radius 1 is 1.33 bits per heavy atom. The van der Waals surface area contributed by atoms with Crippen LogP contribution in [-0.4, -0.2) is 41.9 Å². The van der Waals surface area contributed by atoms with Gasteiger partial charge in [0.15, 0.2) is 0 Å². The molecule has 0 saturated carbocycles. The molecule has 2 heterocycles. The average molecular weight is 414 g/mol. The number of likely N-dealkylation sites (N-methyl/N-ethyl adjacent to an activating group) is 1. The SMILES string of the molecule is CN=C1NC(Cc2c[nH]c3cc(Br)c(Br)cc23)C(=O)N1C. The number of halogens is 2. The predicted octanol–water partition coefficient (Wildman–Crippen LogP) is 2.65. The summed E-state index contributed by atoms with van der Waals surface area (Å²) in [6.45, 7) is 0. The van der Waals surface area contributed by atoms with Crippen LogP contribution in [0.5, 0.6) is 0 Å². The number of nitrogens with zero attached hydrogens (tertiary/aromatic N) is 2. The number of amides is 1. The maximum atomic E-state index is 12.2. The first-order chi connectivity index (χ1) is 10.0. The van der Waals surface area contributed by atoms with E-state index in [1.54, 1.807) is 19.0 Å². The average Bonchev–Trinajstić information content (AvgIpc) is 2.96. The van der Waals surface area contributed by atoms with Gasteiger partial charge in [-0.3, -0.25) is 14.7 Å². The number of H-pyrrole nitrogens is 1. The van der Waals surface area contributed by atoms with Gasteiger partial charge in [-0.15, -0.1) is 0 Å². The van der Waals surface area contributed by atoms with Crippen LogP contribution in [0.1, 0.15) is 5.56 Å². The van der Waals surface area contributed by atoms with Crippen molar-refractivity contribution in [3.05, 3.63) is 32.8 Å². The molecule has 7 heteroatoms. The molecule has 3 rings (SSSR count). The van der Waals surface area contributed by atoms with E-state index in [0.29, 0.717) is 12.4 Å². The molecule has 0 spiro atoms. The van der Waals surface area contributed by atoms with Gasteiger partial charge in [0.25, 0.3) is 5.91 Å². The zero-order valence-corrected chi connectivity index (χ0v) is 14.7. The Morgan fingerprint density at radius 3 is 2.71 bits per heavy atom. The molecule has 0 bridgehead atoms. The minimum absolute atomic E-state index is 0.0427. The first-order valence-electron chi connectivity index (χ1n) is 6.47.